The van der Waals surface area contributed by atoms with Crippen LogP contribution in [0.15, 0.2) is 23.1 Å². The zero-order valence-electron chi connectivity index (χ0n) is 15.4. The number of ether oxygens (including phenoxy) is 2. The Morgan fingerprint density at radius 2 is 1.88 bits per heavy atom. The molecule has 26 heavy (non-hydrogen) atoms. The average Bonchev–Trinajstić information content (AvgIpc) is 2.65. The summed E-state index contributed by atoms with van der Waals surface area (Å²) in [6, 6.07) is 4.04. The molecule has 0 radical (unpaired) electrons. The van der Waals surface area contributed by atoms with E-state index in [1.54, 1.807) is 13.0 Å². The van der Waals surface area contributed by atoms with Gasteiger partial charge in [-0.25, -0.2) is 8.42 Å². The van der Waals surface area contributed by atoms with Crippen LogP contribution in [0.1, 0.15) is 19.8 Å². The summed E-state index contributed by atoms with van der Waals surface area (Å²) >= 11 is 0. The molecule has 146 valence electrons. The lowest BCUT2D eigenvalue weighted by molar-refractivity contribution is -0.122. The highest BCUT2D eigenvalue weighted by atomic mass is 32.2. The van der Waals surface area contributed by atoms with Crippen molar-refractivity contribution in [3.8, 4) is 11.5 Å². The summed E-state index contributed by atoms with van der Waals surface area (Å²) in [6.07, 6.45) is 1.37. The molecule has 9 heteroatoms. The van der Waals surface area contributed by atoms with E-state index < -0.39 is 16.1 Å². The maximum absolute atomic E-state index is 12.9. The zero-order valence-corrected chi connectivity index (χ0v) is 16.2. The highest BCUT2D eigenvalue weighted by Crippen LogP contribution is 2.31. The number of hydrogen-bond acceptors (Lipinski definition) is 6. The fourth-order valence-electron chi connectivity index (χ4n) is 2.89. The summed E-state index contributed by atoms with van der Waals surface area (Å²) in [4.78, 5) is 11.7. The van der Waals surface area contributed by atoms with Gasteiger partial charge in [0.05, 0.1) is 25.2 Å². The molecule has 1 amide bonds. The Bertz CT molecular complexity index is 728. The lowest BCUT2D eigenvalue weighted by Gasteiger charge is -2.31. The Hall–Kier alpha value is -1.84. The van der Waals surface area contributed by atoms with Crippen LogP contribution in [-0.4, -0.2) is 58.5 Å². The van der Waals surface area contributed by atoms with Crippen molar-refractivity contribution in [2.24, 2.45) is 11.7 Å². The van der Waals surface area contributed by atoms with Crippen molar-refractivity contribution in [3.05, 3.63) is 18.2 Å². The van der Waals surface area contributed by atoms with Crippen molar-refractivity contribution in [1.82, 2.24) is 9.62 Å². The van der Waals surface area contributed by atoms with Crippen LogP contribution >= 0.6 is 0 Å². The monoisotopic (exact) mass is 385 g/mol. The molecule has 1 aliphatic rings. The van der Waals surface area contributed by atoms with Gasteiger partial charge in [-0.15, -0.1) is 0 Å². The second kappa shape index (κ2) is 8.70. The molecule has 0 aromatic heterocycles. The third-order valence-corrected chi connectivity index (χ3v) is 6.44. The van der Waals surface area contributed by atoms with E-state index in [4.69, 9.17) is 15.2 Å². The summed E-state index contributed by atoms with van der Waals surface area (Å²) in [5.41, 5.74) is 5.52. The van der Waals surface area contributed by atoms with Gasteiger partial charge in [0.2, 0.25) is 15.9 Å². The van der Waals surface area contributed by atoms with Gasteiger partial charge in [-0.1, -0.05) is 0 Å². The zero-order chi connectivity index (χ0) is 19.3. The summed E-state index contributed by atoms with van der Waals surface area (Å²) < 4.78 is 37.5. The Balaban J connectivity index is 2.00. The van der Waals surface area contributed by atoms with Gasteiger partial charge in [0.25, 0.3) is 0 Å². The van der Waals surface area contributed by atoms with Crippen LogP contribution in [0.5, 0.6) is 11.5 Å². The lowest BCUT2D eigenvalue weighted by atomic mass is 9.98. The van der Waals surface area contributed by atoms with Crippen LogP contribution < -0.4 is 20.5 Å². The maximum Gasteiger partial charge on any atom is 0.243 e. The first kappa shape index (κ1) is 20.5. The molecule has 0 spiro atoms. The molecule has 1 heterocycles. The van der Waals surface area contributed by atoms with Crippen LogP contribution in [0.4, 0.5) is 0 Å². The van der Waals surface area contributed by atoms with Crippen LogP contribution in [0.2, 0.25) is 0 Å². The van der Waals surface area contributed by atoms with Gasteiger partial charge in [0, 0.05) is 25.7 Å². The second-order valence-electron chi connectivity index (χ2n) is 6.40. The maximum atomic E-state index is 12.9. The molecule has 0 bridgehead atoms. The fraction of sp³-hybridized carbons (Fsp3) is 0.588. The molecule has 1 aromatic carbocycles. The third kappa shape index (κ3) is 4.66. The predicted octanol–water partition coefficient (Wildman–Crippen LogP) is 0.568. The first-order valence-corrected chi connectivity index (χ1v) is 9.99. The number of amides is 1. The number of rotatable bonds is 7. The minimum Gasteiger partial charge on any atom is -0.493 e. The Morgan fingerprint density at radius 3 is 2.42 bits per heavy atom. The van der Waals surface area contributed by atoms with E-state index in [9.17, 15) is 13.2 Å². The van der Waals surface area contributed by atoms with Gasteiger partial charge in [-0.05, 0) is 37.8 Å². The fourth-order valence-corrected chi connectivity index (χ4v) is 4.37. The van der Waals surface area contributed by atoms with Crippen LogP contribution in [-0.2, 0) is 14.8 Å². The lowest BCUT2D eigenvalue weighted by Crippen LogP contribution is -2.44. The summed E-state index contributed by atoms with van der Waals surface area (Å²) in [6.45, 7) is 2.98. The van der Waals surface area contributed by atoms with Gasteiger partial charge >= 0.3 is 0 Å². The third-order valence-electron chi connectivity index (χ3n) is 4.54. The SMILES string of the molecule is COc1ccc(S(=O)(=O)N2CCC(CNC(=O)[C@@H](C)N)CC2)cc1OC. The molecule has 1 aromatic rings. The van der Waals surface area contributed by atoms with Crippen molar-refractivity contribution < 1.29 is 22.7 Å². The van der Waals surface area contributed by atoms with E-state index in [-0.39, 0.29) is 16.7 Å². The number of sulfonamides is 1. The van der Waals surface area contributed by atoms with E-state index >= 15 is 0 Å². The molecule has 1 aliphatic heterocycles. The normalized spacial score (nSPS) is 17.5. The van der Waals surface area contributed by atoms with Gasteiger partial charge in [0.1, 0.15) is 0 Å². The van der Waals surface area contributed by atoms with Gasteiger partial charge in [0.15, 0.2) is 11.5 Å². The van der Waals surface area contributed by atoms with Gasteiger partial charge in [-0.2, -0.15) is 4.31 Å². The quantitative estimate of drug-likeness (QED) is 0.710. The largest absolute Gasteiger partial charge is 0.493 e. The van der Waals surface area contributed by atoms with Crippen molar-refractivity contribution in [2.45, 2.75) is 30.7 Å². The number of benzene rings is 1. The van der Waals surface area contributed by atoms with Crippen molar-refractivity contribution >= 4 is 15.9 Å². The summed E-state index contributed by atoms with van der Waals surface area (Å²) in [5.74, 6) is 0.914. The smallest absolute Gasteiger partial charge is 0.243 e. The number of hydrogen-bond donors (Lipinski definition) is 2. The molecule has 2 rings (SSSR count). The standard InChI is InChI=1S/C17H27N3O5S/c1-12(18)17(21)19-11-13-6-8-20(9-7-13)26(22,23)14-4-5-15(24-2)16(10-14)25-3/h4-5,10,12-13H,6-9,11,18H2,1-3H3,(H,19,21)/t12-/m1/s1. The molecular formula is C17H27N3O5S. The molecule has 0 saturated carbocycles. The molecule has 1 saturated heterocycles. The van der Waals surface area contributed by atoms with Gasteiger partial charge < -0.3 is 20.5 Å². The van der Waals surface area contributed by atoms with Crippen LogP contribution in [0, 0.1) is 5.92 Å². The van der Waals surface area contributed by atoms with E-state index in [2.05, 4.69) is 5.32 Å². The minimum absolute atomic E-state index is 0.179. The van der Waals surface area contributed by atoms with Crippen LogP contribution in [0.25, 0.3) is 0 Å². The second-order valence-corrected chi connectivity index (χ2v) is 8.34. The topological polar surface area (TPSA) is 111 Å². The molecule has 0 unspecified atom stereocenters. The number of carbonyl (C=O) groups excluding carboxylic acids is 1. The highest BCUT2D eigenvalue weighted by molar-refractivity contribution is 7.89. The Kier molecular flexibility index (Phi) is 6.85. The number of carbonyl (C=O) groups is 1. The number of piperidine rings is 1. The highest BCUT2D eigenvalue weighted by Gasteiger charge is 2.30. The first-order valence-electron chi connectivity index (χ1n) is 8.55. The summed E-state index contributed by atoms with van der Waals surface area (Å²) in [7, 11) is -0.628. The molecule has 1 fully saturated rings. The number of methoxy groups -OCH3 is 2. The molecule has 3 N–H and O–H groups in total. The summed E-state index contributed by atoms with van der Waals surface area (Å²) in [5, 5.41) is 2.80. The molecule has 1 atom stereocenters. The first-order chi connectivity index (χ1) is 12.3. The number of nitrogens with two attached hydrogens (primary N) is 1. The van der Waals surface area contributed by atoms with Crippen molar-refractivity contribution in [3.63, 3.8) is 0 Å². The van der Waals surface area contributed by atoms with Crippen molar-refractivity contribution in [2.75, 3.05) is 33.9 Å². The molecule has 8 nitrogen and oxygen atoms in total. The van der Waals surface area contributed by atoms with E-state index in [0.29, 0.717) is 44.0 Å². The van der Waals surface area contributed by atoms with Crippen molar-refractivity contribution in [1.29, 1.82) is 0 Å². The number of nitrogens with one attached hydrogen (secondary N) is 1. The number of nitrogens with zero attached hydrogens (tertiary/aromatic N) is 1. The van der Waals surface area contributed by atoms with E-state index in [0.717, 1.165) is 0 Å². The van der Waals surface area contributed by atoms with Crippen LogP contribution in [0.3, 0.4) is 0 Å². The Labute approximate surface area is 154 Å². The van der Waals surface area contributed by atoms with Gasteiger partial charge in [-0.3, -0.25) is 4.79 Å². The minimum atomic E-state index is -3.60. The van der Waals surface area contributed by atoms with E-state index in [1.807, 2.05) is 0 Å². The Morgan fingerprint density at radius 1 is 1.27 bits per heavy atom. The molecule has 0 aliphatic carbocycles. The molecular weight excluding hydrogens is 358 g/mol. The predicted molar refractivity (Wildman–Crippen MR) is 97.7 cm³/mol. The van der Waals surface area contributed by atoms with E-state index in [1.165, 1.54) is 30.7 Å². The average molecular weight is 385 g/mol.